The van der Waals surface area contributed by atoms with Crippen LogP contribution in [0.15, 0.2) is 23.1 Å². The Hall–Kier alpha value is -1.99. The number of Topliss-reactive ketones (excluding diaryl/α,β-unsaturated/α-hetero) is 1. The van der Waals surface area contributed by atoms with Gasteiger partial charge in [-0.15, -0.1) is 21.5 Å². The number of allylic oxidation sites excluding steroid dienone is 1. The minimum atomic E-state index is -0.599. The Labute approximate surface area is 148 Å². The van der Waals surface area contributed by atoms with E-state index in [0.29, 0.717) is 15.0 Å². The Bertz CT molecular complexity index is 842. The molecule has 1 aliphatic heterocycles. The molecule has 3 rings (SSSR count). The smallest absolute Gasteiger partial charge is 0.186 e. The Kier molecular flexibility index (Phi) is 4.82. The standard InChI is InChI=1S/C17H17N3O2S2/c1-4-13-19-20-17(24-13)14-15(21)12(23-16(14)18)8-10-5-6-11(22-3)7-9(10)2/h5-8,14,18H,4H2,1-3H3/b12-8-,18-16?/t14-/m1/s1. The van der Waals surface area contributed by atoms with Gasteiger partial charge in [-0.25, -0.2) is 0 Å². The molecule has 1 N–H and O–H groups in total. The zero-order chi connectivity index (χ0) is 17.3. The van der Waals surface area contributed by atoms with Gasteiger partial charge >= 0.3 is 0 Å². The molecule has 0 unspecified atom stereocenters. The maximum absolute atomic E-state index is 12.7. The van der Waals surface area contributed by atoms with Crippen LogP contribution in [0.25, 0.3) is 6.08 Å². The summed E-state index contributed by atoms with van der Waals surface area (Å²) in [4.78, 5) is 13.3. The van der Waals surface area contributed by atoms with Crippen molar-refractivity contribution in [3.63, 3.8) is 0 Å². The van der Waals surface area contributed by atoms with Crippen LogP contribution in [-0.2, 0) is 11.2 Å². The summed E-state index contributed by atoms with van der Waals surface area (Å²) in [6.07, 6.45) is 2.63. The van der Waals surface area contributed by atoms with E-state index in [-0.39, 0.29) is 5.78 Å². The van der Waals surface area contributed by atoms with Gasteiger partial charge in [0.1, 0.15) is 21.7 Å². The van der Waals surface area contributed by atoms with Crippen molar-refractivity contribution in [1.82, 2.24) is 10.2 Å². The monoisotopic (exact) mass is 359 g/mol. The van der Waals surface area contributed by atoms with Gasteiger partial charge in [0, 0.05) is 0 Å². The Morgan fingerprint density at radius 3 is 2.79 bits per heavy atom. The molecule has 2 heterocycles. The highest BCUT2D eigenvalue weighted by molar-refractivity contribution is 8.19. The fourth-order valence-electron chi connectivity index (χ4n) is 2.42. The summed E-state index contributed by atoms with van der Waals surface area (Å²) in [5.74, 6) is 0.114. The van der Waals surface area contributed by atoms with E-state index < -0.39 is 5.92 Å². The number of benzene rings is 1. The highest BCUT2D eigenvalue weighted by Crippen LogP contribution is 2.41. The number of ether oxygens (including phenoxy) is 1. The third kappa shape index (κ3) is 3.14. The predicted molar refractivity (Wildman–Crippen MR) is 98.1 cm³/mol. The molecule has 124 valence electrons. The number of aryl methyl sites for hydroxylation is 2. The third-order valence-electron chi connectivity index (χ3n) is 3.78. The maximum atomic E-state index is 12.7. The number of aromatic nitrogens is 2. The van der Waals surface area contributed by atoms with Crippen molar-refractivity contribution < 1.29 is 9.53 Å². The molecule has 2 aromatic rings. The van der Waals surface area contributed by atoms with Gasteiger partial charge in [-0.2, -0.15) is 0 Å². The van der Waals surface area contributed by atoms with E-state index in [0.717, 1.165) is 28.3 Å². The number of rotatable bonds is 4. The number of thioether (sulfide) groups is 1. The molecular weight excluding hydrogens is 342 g/mol. The largest absolute Gasteiger partial charge is 0.497 e. The van der Waals surface area contributed by atoms with Crippen molar-refractivity contribution >= 4 is 40.0 Å². The third-order valence-corrected chi connectivity index (χ3v) is 5.91. The van der Waals surface area contributed by atoms with Crippen molar-refractivity contribution in [2.75, 3.05) is 7.11 Å². The Balaban J connectivity index is 1.91. The second-order valence-corrected chi connectivity index (χ2v) is 7.56. The minimum Gasteiger partial charge on any atom is -0.497 e. The summed E-state index contributed by atoms with van der Waals surface area (Å²) in [6.45, 7) is 3.97. The van der Waals surface area contributed by atoms with Crippen LogP contribution >= 0.6 is 23.1 Å². The molecule has 0 saturated carbocycles. The molecule has 0 spiro atoms. The molecule has 1 atom stereocenters. The molecule has 0 radical (unpaired) electrons. The van der Waals surface area contributed by atoms with Crippen LogP contribution in [0.3, 0.4) is 0 Å². The lowest BCUT2D eigenvalue weighted by Crippen LogP contribution is -2.11. The van der Waals surface area contributed by atoms with Crippen molar-refractivity contribution in [3.05, 3.63) is 44.2 Å². The fourth-order valence-corrected chi connectivity index (χ4v) is 4.36. The zero-order valence-corrected chi connectivity index (χ0v) is 15.3. The average molecular weight is 359 g/mol. The van der Waals surface area contributed by atoms with Gasteiger partial charge in [0.25, 0.3) is 0 Å². The first-order chi connectivity index (χ1) is 11.5. The predicted octanol–water partition coefficient (Wildman–Crippen LogP) is 3.84. The van der Waals surface area contributed by atoms with Crippen LogP contribution in [-0.4, -0.2) is 28.1 Å². The highest BCUT2D eigenvalue weighted by Gasteiger charge is 2.39. The second kappa shape index (κ2) is 6.86. The van der Waals surface area contributed by atoms with Crippen molar-refractivity contribution in [2.24, 2.45) is 0 Å². The van der Waals surface area contributed by atoms with Crippen molar-refractivity contribution in [1.29, 1.82) is 5.41 Å². The van der Waals surface area contributed by atoms with Gasteiger partial charge in [0.2, 0.25) is 0 Å². The summed E-state index contributed by atoms with van der Waals surface area (Å²) in [5.41, 5.74) is 1.97. The SMILES string of the molecule is CCc1nnc([C@H]2C(=N)S/C(=C\c3ccc(OC)cc3C)C2=O)s1. The normalized spacial score (nSPS) is 19.3. The van der Waals surface area contributed by atoms with E-state index >= 15 is 0 Å². The molecular formula is C17H17N3O2S2. The molecule has 1 saturated heterocycles. The van der Waals surface area contributed by atoms with Gasteiger partial charge in [-0.3, -0.25) is 10.2 Å². The van der Waals surface area contributed by atoms with Crippen LogP contribution in [0.1, 0.15) is 34.0 Å². The first-order valence-electron chi connectivity index (χ1n) is 7.52. The second-order valence-electron chi connectivity index (χ2n) is 5.38. The molecule has 7 heteroatoms. The van der Waals surface area contributed by atoms with Crippen LogP contribution < -0.4 is 4.74 Å². The number of hydrogen-bond acceptors (Lipinski definition) is 7. The first-order valence-corrected chi connectivity index (χ1v) is 9.16. The lowest BCUT2D eigenvalue weighted by atomic mass is 10.0. The molecule has 1 fully saturated rings. The Morgan fingerprint density at radius 1 is 1.38 bits per heavy atom. The van der Waals surface area contributed by atoms with E-state index in [1.54, 1.807) is 7.11 Å². The number of carbonyl (C=O) groups excluding carboxylic acids is 1. The molecule has 0 amide bonds. The van der Waals surface area contributed by atoms with Crippen molar-refractivity contribution in [2.45, 2.75) is 26.2 Å². The van der Waals surface area contributed by atoms with Crippen LogP contribution in [0.2, 0.25) is 0 Å². The molecule has 1 aromatic heterocycles. The number of hydrogen-bond donors (Lipinski definition) is 1. The fraction of sp³-hybridized carbons (Fsp3) is 0.294. The average Bonchev–Trinajstić information content (AvgIpc) is 3.14. The number of nitrogens with zero attached hydrogens (tertiary/aromatic N) is 2. The lowest BCUT2D eigenvalue weighted by Gasteiger charge is -2.05. The van der Waals surface area contributed by atoms with Crippen LogP contribution in [0.5, 0.6) is 5.75 Å². The van der Waals surface area contributed by atoms with E-state index in [9.17, 15) is 4.79 Å². The molecule has 5 nitrogen and oxygen atoms in total. The number of carbonyl (C=O) groups is 1. The van der Waals surface area contributed by atoms with Crippen molar-refractivity contribution in [3.8, 4) is 5.75 Å². The summed E-state index contributed by atoms with van der Waals surface area (Å²) in [7, 11) is 1.63. The van der Waals surface area contributed by atoms with Gasteiger partial charge in [-0.1, -0.05) is 24.8 Å². The van der Waals surface area contributed by atoms with E-state index in [2.05, 4.69) is 10.2 Å². The van der Waals surface area contributed by atoms with Gasteiger partial charge < -0.3 is 4.74 Å². The van der Waals surface area contributed by atoms with E-state index in [4.69, 9.17) is 10.1 Å². The number of methoxy groups -OCH3 is 1. The minimum absolute atomic E-state index is 0.0704. The van der Waals surface area contributed by atoms with Crippen LogP contribution in [0.4, 0.5) is 0 Å². The molecule has 1 aromatic carbocycles. The molecule has 0 aliphatic carbocycles. The van der Waals surface area contributed by atoms with Crippen LogP contribution in [0, 0.1) is 12.3 Å². The lowest BCUT2D eigenvalue weighted by molar-refractivity contribution is -0.114. The summed E-state index contributed by atoms with van der Waals surface area (Å²) < 4.78 is 5.21. The summed E-state index contributed by atoms with van der Waals surface area (Å²) in [5, 5.41) is 18.2. The number of ketones is 1. The quantitative estimate of drug-likeness (QED) is 0.840. The van der Waals surface area contributed by atoms with E-state index in [1.807, 2.05) is 38.1 Å². The van der Waals surface area contributed by atoms with Gasteiger partial charge in [0.05, 0.1) is 17.1 Å². The molecule has 1 aliphatic rings. The number of nitrogens with one attached hydrogen (secondary N) is 1. The summed E-state index contributed by atoms with van der Waals surface area (Å²) in [6, 6.07) is 5.72. The summed E-state index contributed by atoms with van der Waals surface area (Å²) >= 11 is 2.62. The maximum Gasteiger partial charge on any atom is 0.186 e. The molecule has 0 bridgehead atoms. The first kappa shape index (κ1) is 16.9. The van der Waals surface area contributed by atoms with Gasteiger partial charge in [-0.05, 0) is 42.7 Å². The topological polar surface area (TPSA) is 75.9 Å². The van der Waals surface area contributed by atoms with Gasteiger partial charge in [0.15, 0.2) is 5.78 Å². The zero-order valence-electron chi connectivity index (χ0n) is 13.6. The Morgan fingerprint density at radius 2 is 2.17 bits per heavy atom. The molecule has 24 heavy (non-hydrogen) atoms. The van der Waals surface area contributed by atoms with E-state index in [1.165, 1.54) is 23.1 Å². The highest BCUT2D eigenvalue weighted by atomic mass is 32.2.